The molecule has 1 heterocycles. The zero-order valence-electron chi connectivity index (χ0n) is 10.4. The third-order valence-corrected chi connectivity index (χ3v) is 4.32. The van der Waals surface area contributed by atoms with Gasteiger partial charge in [0.05, 0.1) is 0 Å². The zero-order chi connectivity index (χ0) is 12.4. The average molecular weight is 296 g/mol. The van der Waals surface area contributed by atoms with Gasteiger partial charge in [0.2, 0.25) is 0 Å². The van der Waals surface area contributed by atoms with Gasteiger partial charge in [-0.1, -0.05) is 34.1 Å². The van der Waals surface area contributed by atoms with Crippen molar-refractivity contribution < 1.29 is 4.79 Å². The second kappa shape index (κ2) is 5.21. The first-order chi connectivity index (χ1) is 8.09. The van der Waals surface area contributed by atoms with Crippen molar-refractivity contribution in [3.8, 4) is 0 Å². The van der Waals surface area contributed by atoms with Crippen LogP contribution in [-0.2, 0) is 0 Å². The number of amides is 1. The summed E-state index contributed by atoms with van der Waals surface area (Å²) in [5.74, 6) is 0.194. The van der Waals surface area contributed by atoms with E-state index >= 15 is 0 Å². The molecule has 1 aliphatic rings. The highest BCUT2D eigenvalue weighted by molar-refractivity contribution is 9.09. The quantitative estimate of drug-likeness (QED) is 0.728. The molecule has 3 heteroatoms. The van der Waals surface area contributed by atoms with Crippen LogP contribution in [0.1, 0.15) is 34.3 Å². The summed E-state index contributed by atoms with van der Waals surface area (Å²) in [6, 6.07) is 6.03. The first-order valence-electron chi connectivity index (χ1n) is 6.09. The number of carbonyl (C=O) groups is 1. The Kier molecular flexibility index (Phi) is 3.87. The number of rotatable bonds is 1. The molecule has 0 radical (unpaired) electrons. The molecular formula is C14H18BrNO. The Morgan fingerprint density at radius 3 is 2.29 bits per heavy atom. The Balaban J connectivity index is 2.20. The van der Waals surface area contributed by atoms with E-state index in [1.54, 1.807) is 0 Å². The molecule has 0 saturated carbocycles. The zero-order valence-corrected chi connectivity index (χ0v) is 12.0. The molecule has 92 valence electrons. The van der Waals surface area contributed by atoms with Gasteiger partial charge in [-0.15, -0.1) is 0 Å². The molecule has 0 N–H and O–H groups in total. The van der Waals surface area contributed by atoms with Crippen LogP contribution in [0.5, 0.6) is 0 Å². The molecular weight excluding hydrogens is 278 g/mol. The van der Waals surface area contributed by atoms with Crippen LogP contribution in [0, 0.1) is 13.8 Å². The topological polar surface area (TPSA) is 20.3 Å². The molecule has 0 aliphatic carbocycles. The van der Waals surface area contributed by atoms with Crippen molar-refractivity contribution in [1.82, 2.24) is 4.90 Å². The number of nitrogens with zero attached hydrogens (tertiary/aromatic N) is 1. The van der Waals surface area contributed by atoms with Crippen molar-refractivity contribution in [3.05, 3.63) is 34.9 Å². The summed E-state index contributed by atoms with van der Waals surface area (Å²) < 4.78 is 0. The van der Waals surface area contributed by atoms with E-state index in [2.05, 4.69) is 15.9 Å². The van der Waals surface area contributed by atoms with E-state index in [4.69, 9.17) is 0 Å². The van der Waals surface area contributed by atoms with E-state index in [0.29, 0.717) is 4.83 Å². The number of carbonyl (C=O) groups excluding carboxylic acids is 1. The molecule has 0 atom stereocenters. The molecule has 1 saturated heterocycles. The number of hydrogen-bond donors (Lipinski definition) is 0. The largest absolute Gasteiger partial charge is 0.339 e. The van der Waals surface area contributed by atoms with Crippen LogP contribution in [0.3, 0.4) is 0 Å². The van der Waals surface area contributed by atoms with E-state index in [-0.39, 0.29) is 5.91 Å². The van der Waals surface area contributed by atoms with Crippen LogP contribution < -0.4 is 0 Å². The summed E-state index contributed by atoms with van der Waals surface area (Å²) in [6.07, 6.45) is 2.10. The molecule has 1 aromatic carbocycles. The number of benzene rings is 1. The summed E-state index contributed by atoms with van der Waals surface area (Å²) in [4.78, 5) is 15.0. The van der Waals surface area contributed by atoms with Gasteiger partial charge in [0.15, 0.2) is 0 Å². The fourth-order valence-electron chi connectivity index (χ4n) is 2.36. The van der Waals surface area contributed by atoms with Gasteiger partial charge < -0.3 is 4.90 Å². The van der Waals surface area contributed by atoms with Gasteiger partial charge in [-0.25, -0.2) is 0 Å². The molecule has 0 bridgehead atoms. The summed E-state index contributed by atoms with van der Waals surface area (Å²) in [7, 11) is 0. The first kappa shape index (κ1) is 12.6. The van der Waals surface area contributed by atoms with Crippen molar-refractivity contribution >= 4 is 21.8 Å². The van der Waals surface area contributed by atoms with E-state index in [1.165, 1.54) is 0 Å². The molecule has 1 fully saturated rings. The lowest BCUT2D eigenvalue weighted by atomic mass is 10.0. The lowest BCUT2D eigenvalue weighted by Crippen LogP contribution is -2.39. The highest BCUT2D eigenvalue weighted by atomic mass is 79.9. The van der Waals surface area contributed by atoms with Gasteiger partial charge in [0.25, 0.3) is 5.91 Å². The number of alkyl halides is 1. The third-order valence-electron chi connectivity index (χ3n) is 3.41. The van der Waals surface area contributed by atoms with Gasteiger partial charge in [0.1, 0.15) is 0 Å². The van der Waals surface area contributed by atoms with Crippen LogP contribution in [0.2, 0.25) is 0 Å². The van der Waals surface area contributed by atoms with Crippen molar-refractivity contribution in [2.75, 3.05) is 13.1 Å². The lowest BCUT2D eigenvalue weighted by molar-refractivity contribution is 0.0727. The number of piperidine rings is 1. The fraction of sp³-hybridized carbons (Fsp3) is 0.500. The molecule has 1 amide bonds. The predicted molar refractivity (Wildman–Crippen MR) is 73.8 cm³/mol. The maximum absolute atomic E-state index is 12.5. The summed E-state index contributed by atoms with van der Waals surface area (Å²) in [5, 5.41) is 0. The Hall–Kier alpha value is -0.830. The summed E-state index contributed by atoms with van der Waals surface area (Å²) in [5.41, 5.74) is 3.05. The summed E-state index contributed by atoms with van der Waals surface area (Å²) >= 11 is 3.61. The van der Waals surface area contributed by atoms with E-state index in [1.807, 2.05) is 36.9 Å². The van der Waals surface area contributed by atoms with E-state index in [0.717, 1.165) is 42.6 Å². The van der Waals surface area contributed by atoms with Crippen molar-refractivity contribution in [2.24, 2.45) is 0 Å². The van der Waals surface area contributed by atoms with Crippen molar-refractivity contribution in [1.29, 1.82) is 0 Å². The maximum atomic E-state index is 12.5. The third kappa shape index (κ3) is 2.71. The Bertz CT molecular complexity index is 402. The van der Waals surface area contributed by atoms with Crippen LogP contribution in [0.15, 0.2) is 18.2 Å². The second-order valence-corrected chi connectivity index (χ2v) is 6.03. The van der Waals surface area contributed by atoms with Gasteiger partial charge in [-0.2, -0.15) is 0 Å². The van der Waals surface area contributed by atoms with Gasteiger partial charge in [-0.05, 0) is 37.8 Å². The molecule has 17 heavy (non-hydrogen) atoms. The molecule has 1 aromatic rings. The average Bonchev–Trinajstić information content (AvgIpc) is 2.29. The number of hydrogen-bond acceptors (Lipinski definition) is 1. The smallest absolute Gasteiger partial charge is 0.254 e. The Morgan fingerprint density at radius 1 is 1.24 bits per heavy atom. The molecule has 2 rings (SSSR count). The van der Waals surface area contributed by atoms with Crippen molar-refractivity contribution in [3.63, 3.8) is 0 Å². The van der Waals surface area contributed by atoms with E-state index < -0.39 is 0 Å². The molecule has 0 spiro atoms. The summed E-state index contributed by atoms with van der Waals surface area (Å²) in [6.45, 7) is 5.75. The van der Waals surface area contributed by atoms with Crippen LogP contribution in [0.4, 0.5) is 0 Å². The Morgan fingerprint density at radius 2 is 1.76 bits per heavy atom. The minimum Gasteiger partial charge on any atom is -0.339 e. The number of likely N-dealkylation sites (tertiary alicyclic amines) is 1. The molecule has 2 nitrogen and oxygen atoms in total. The van der Waals surface area contributed by atoms with Gasteiger partial charge >= 0.3 is 0 Å². The van der Waals surface area contributed by atoms with Crippen LogP contribution >= 0.6 is 15.9 Å². The van der Waals surface area contributed by atoms with Gasteiger partial charge in [-0.3, -0.25) is 4.79 Å². The Labute approximate surface area is 111 Å². The molecule has 0 aromatic heterocycles. The van der Waals surface area contributed by atoms with Crippen molar-refractivity contribution in [2.45, 2.75) is 31.5 Å². The number of aryl methyl sites for hydroxylation is 2. The monoisotopic (exact) mass is 295 g/mol. The normalized spacial score (nSPS) is 17.2. The predicted octanol–water partition coefficient (Wildman–Crippen LogP) is 3.30. The maximum Gasteiger partial charge on any atom is 0.254 e. The standard InChI is InChI=1S/C14H18BrNO/c1-10-4-3-5-11(2)13(10)14(17)16-8-6-12(15)7-9-16/h3-5,12H,6-9H2,1-2H3. The van der Waals surface area contributed by atoms with Gasteiger partial charge in [0, 0.05) is 23.5 Å². The second-order valence-electron chi connectivity index (χ2n) is 4.73. The minimum absolute atomic E-state index is 0.194. The van der Waals surface area contributed by atoms with Crippen LogP contribution in [-0.4, -0.2) is 28.7 Å². The SMILES string of the molecule is Cc1cccc(C)c1C(=O)N1CCC(Br)CC1. The highest BCUT2D eigenvalue weighted by Gasteiger charge is 2.23. The highest BCUT2D eigenvalue weighted by Crippen LogP contribution is 2.21. The number of halogens is 1. The first-order valence-corrected chi connectivity index (χ1v) is 7.00. The molecule has 1 aliphatic heterocycles. The van der Waals surface area contributed by atoms with Crippen LogP contribution in [0.25, 0.3) is 0 Å². The van der Waals surface area contributed by atoms with E-state index in [9.17, 15) is 4.79 Å². The fourth-order valence-corrected chi connectivity index (χ4v) is 2.77. The minimum atomic E-state index is 0.194. The lowest BCUT2D eigenvalue weighted by Gasteiger charge is -2.30. The molecule has 0 unspecified atom stereocenters.